The van der Waals surface area contributed by atoms with Gasteiger partial charge in [-0.3, -0.25) is 4.98 Å². The molecule has 2 rings (SSSR count). The highest BCUT2D eigenvalue weighted by Gasteiger charge is 2.27. The monoisotopic (exact) mass is 288 g/mol. The lowest BCUT2D eigenvalue weighted by Crippen LogP contribution is -2.29. The van der Waals surface area contributed by atoms with Gasteiger partial charge in [0.25, 0.3) is 0 Å². The third-order valence-corrected chi connectivity index (χ3v) is 3.42. The normalized spacial score (nSPS) is 19.5. The second kappa shape index (κ2) is 6.54. The van der Waals surface area contributed by atoms with Crippen LogP contribution in [0.1, 0.15) is 36.2 Å². The van der Waals surface area contributed by atoms with Crippen LogP contribution in [0.15, 0.2) is 12.1 Å². The molecule has 1 aromatic heterocycles. The van der Waals surface area contributed by atoms with Crippen molar-refractivity contribution in [1.29, 1.82) is 0 Å². The molecule has 1 saturated heterocycles. The number of aromatic nitrogens is 1. The Balaban J connectivity index is 2.10. The van der Waals surface area contributed by atoms with Crippen LogP contribution in [-0.4, -0.2) is 30.9 Å². The molecule has 0 unspecified atom stereocenters. The number of ether oxygens (including phenoxy) is 1. The van der Waals surface area contributed by atoms with Gasteiger partial charge in [0, 0.05) is 24.8 Å². The van der Waals surface area contributed by atoms with Gasteiger partial charge in [0.15, 0.2) is 0 Å². The number of nitrogens with one attached hydrogen (secondary N) is 1. The zero-order valence-electron chi connectivity index (χ0n) is 11.5. The molecule has 6 heteroatoms. The number of aryl methyl sites for hydroxylation is 1. The SMILES string of the molecule is CCc1ccc([C@H]2CCOC2)c(CNCC(F)(F)F)n1. The predicted molar refractivity (Wildman–Crippen MR) is 69.6 cm³/mol. The van der Waals surface area contributed by atoms with Crippen LogP contribution in [0.4, 0.5) is 13.2 Å². The van der Waals surface area contributed by atoms with Gasteiger partial charge in [0.1, 0.15) is 0 Å². The van der Waals surface area contributed by atoms with E-state index in [2.05, 4.69) is 10.3 Å². The van der Waals surface area contributed by atoms with Crippen molar-refractivity contribution in [3.8, 4) is 0 Å². The van der Waals surface area contributed by atoms with Gasteiger partial charge in [0.05, 0.1) is 18.8 Å². The van der Waals surface area contributed by atoms with E-state index in [0.29, 0.717) is 18.9 Å². The van der Waals surface area contributed by atoms with Gasteiger partial charge < -0.3 is 10.1 Å². The molecule has 0 aromatic carbocycles. The van der Waals surface area contributed by atoms with Crippen molar-refractivity contribution < 1.29 is 17.9 Å². The van der Waals surface area contributed by atoms with Crippen LogP contribution in [0, 0.1) is 0 Å². The lowest BCUT2D eigenvalue weighted by atomic mass is 9.96. The average Bonchev–Trinajstić information content (AvgIpc) is 2.91. The van der Waals surface area contributed by atoms with E-state index in [9.17, 15) is 13.2 Å². The summed E-state index contributed by atoms with van der Waals surface area (Å²) in [6.07, 6.45) is -2.52. The van der Waals surface area contributed by atoms with Crippen molar-refractivity contribution in [1.82, 2.24) is 10.3 Å². The van der Waals surface area contributed by atoms with E-state index in [1.807, 2.05) is 19.1 Å². The van der Waals surface area contributed by atoms with E-state index in [-0.39, 0.29) is 12.5 Å². The highest BCUT2D eigenvalue weighted by atomic mass is 19.4. The van der Waals surface area contributed by atoms with Crippen LogP contribution in [-0.2, 0) is 17.7 Å². The molecule has 1 fully saturated rings. The summed E-state index contributed by atoms with van der Waals surface area (Å²) in [5.74, 6) is 0.246. The van der Waals surface area contributed by atoms with E-state index < -0.39 is 12.7 Å². The van der Waals surface area contributed by atoms with Gasteiger partial charge in [-0.25, -0.2) is 0 Å². The second-order valence-corrected chi connectivity index (χ2v) is 4.97. The topological polar surface area (TPSA) is 34.1 Å². The highest BCUT2D eigenvalue weighted by Crippen LogP contribution is 2.27. The Bertz CT molecular complexity index is 443. The van der Waals surface area contributed by atoms with Gasteiger partial charge in [-0.15, -0.1) is 0 Å². The zero-order valence-corrected chi connectivity index (χ0v) is 11.5. The summed E-state index contributed by atoms with van der Waals surface area (Å²) in [6, 6.07) is 3.93. The summed E-state index contributed by atoms with van der Waals surface area (Å²) >= 11 is 0. The summed E-state index contributed by atoms with van der Waals surface area (Å²) in [7, 11) is 0. The minimum atomic E-state index is -4.20. The molecule has 1 atom stereocenters. The molecule has 0 amide bonds. The first-order valence-corrected chi connectivity index (χ1v) is 6.83. The number of hydrogen-bond acceptors (Lipinski definition) is 3. The van der Waals surface area contributed by atoms with Gasteiger partial charge in [-0.1, -0.05) is 13.0 Å². The van der Waals surface area contributed by atoms with E-state index in [4.69, 9.17) is 4.74 Å². The molecule has 1 aliphatic heterocycles. The molecule has 2 heterocycles. The van der Waals surface area contributed by atoms with Crippen LogP contribution in [0.2, 0.25) is 0 Å². The molecule has 1 N–H and O–H groups in total. The molecule has 0 radical (unpaired) electrons. The van der Waals surface area contributed by atoms with Crippen LogP contribution in [0.3, 0.4) is 0 Å². The van der Waals surface area contributed by atoms with Gasteiger partial charge in [-0.05, 0) is 24.5 Å². The van der Waals surface area contributed by atoms with Crippen molar-refractivity contribution in [2.24, 2.45) is 0 Å². The average molecular weight is 288 g/mol. The Hall–Kier alpha value is -1.14. The maximum absolute atomic E-state index is 12.2. The first-order chi connectivity index (χ1) is 9.49. The Kier molecular flexibility index (Phi) is 4.99. The lowest BCUT2D eigenvalue weighted by Gasteiger charge is -2.16. The second-order valence-electron chi connectivity index (χ2n) is 4.97. The summed E-state index contributed by atoms with van der Waals surface area (Å²) in [6.45, 7) is 2.45. The Labute approximate surface area is 116 Å². The number of nitrogens with zero attached hydrogens (tertiary/aromatic N) is 1. The molecule has 0 spiro atoms. The first-order valence-electron chi connectivity index (χ1n) is 6.83. The van der Waals surface area contributed by atoms with Crippen molar-refractivity contribution in [3.05, 3.63) is 29.1 Å². The van der Waals surface area contributed by atoms with Crippen molar-refractivity contribution in [2.75, 3.05) is 19.8 Å². The fourth-order valence-electron chi connectivity index (χ4n) is 2.37. The van der Waals surface area contributed by atoms with Crippen LogP contribution in [0.5, 0.6) is 0 Å². The highest BCUT2D eigenvalue weighted by molar-refractivity contribution is 5.27. The van der Waals surface area contributed by atoms with Crippen molar-refractivity contribution >= 4 is 0 Å². The fourth-order valence-corrected chi connectivity index (χ4v) is 2.37. The summed E-state index contributed by atoms with van der Waals surface area (Å²) in [5.41, 5.74) is 2.62. The molecule has 0 aliphatic carbocycles. The summed E-state index contributed by atoms with van der Waals surface area (Å²) in [4.78, 5) is 4.47. The third-order valence-electron chi connectivity index (χ3n) is 3.42. The minimum Gasteiger partial charge on any atom is -0.381 e. The Morgan fingerprint density at radius 1 is 1.40 bits per heavy atom. The summed E-state index contributed by atoms with van der Waals surface area (Å²) < 4.78 is 42.0. The quantitative estimate of drug-likeness (QED) is 0.904. The molecule has 1 aliphatic rings. The van der Waals surface area contributed by atoms with Gasteiger partial charge in [0.2, 0.25) is 0 Å². The Morgan fingerprint density at radius 2 is 2.20 bits per heavy atom. The van der Waals surface area contributed by atoms with Gasteiger partial charge >= 0.3 is 6.18 Å². The fraction of sp³-hybridized carbons (Fsp3) is 0.643. The predicted octanol–water partition coefficient (Wildman–Crippen LogP) is 2.80. The molecule has 0 bridgehead atoms. The molecule has 20 heavy (non-hydrogen) atoms. The number of hydrogen-bond donors (Lipinski definition) is 1. The molecule has 3 nitrogen and oxygen atoms in total. The molecular formula is C14H19F3N2O. The molecular weight excluding hydrogens is 269 g/mol. The Morgan fingerprint density at radius 3 is 2.80 bits per heavy atom. The number of rotatable bonds is 5. The zero-order chi connectivity index (χ0) is 14.6. The van der Waals surface area contributed by atoms with E-state index in [0.717, 1.165) is 24.1 Å². The van der Waals surface area contributed by atoms with Crippen molar-refractivity contribution in [2.45, 2.75) is 38.4 Å². The summed E-state index contributed by atoms with van der Waals surface area (Å²) in [5, 5.41) is 2.43. The van der Waals surface area contributed by atoms with Crippen molar-refractivity contribution in [3.63, 3.8) is 0 Å². The molecule has 112 valence electrons. The third kappa shape index (κ3) is 4.18. The minimum absolute atomic E-state index is 0.138. The lowest BCUT2D eigenvalue weighted by molar-refractivity contribution is -0.125. The van der Waals surface area contributed by atoms with E-state index in [1.54, 1.807) is 0 Å². The molecule has 0 saturated carbocycles. The maximum Gasteiger partial charge on any atom is 0.401 e. The largest absolute Gasteiger partial charge is 0.401 e. The van der Waals surface area contributed by atoms with Gasteiger partial charge in [-0.2, -0.15) is 13.2 Å². The van der Waals surface area contributed by atoms with E-state index in [1.165, 1.54) is 0 Å². The number of pyridine rings is 1. The first kappa shape index (κ1) is 15.3. The number of alkyl halides is 3. The van der Waals surface area contributed by atoms with E-state index >= 15 is 0 Å². The number of halogens is 3. The standard InChI is InChI=1S/C14H19F3N2O/c1-2-11-3-4-12(10-5-6-20-8-10)13(19-11)7-18-9-14(15,16)17/h3-4,10,18H,2,5-9H2,1H3/t10-/m0/s1. The smallest absolute Gasteiger partial charge is 0.381 e. The van der Waals surface area contributed by atoms with Crippen LogP contribution >= 0.6 is 0 Å². The van der Waals surface area contributed by atoms with Crippen LogP contribution < -0.4 is 5.32 Å². The van der Waals surface area contributed by atoms with Crippen LogP contribution in [0.25, 0.3) is 0 Å². The maximum atomic E-state index is 12.2. The molecule has 1 aromatic rings.